The van der Waals surface area contributed by atoms with Crippen LogP contribution in [0.4, 0.5) is 19.7 Å². The molecule has 1 aliphatic heterocycles. The Morgan fingerprint density at radius 2 is 2.07 bits per heavy atom. The van der Waals surface area contributed by atoms with Crippen molar-refractivity contribution in [2.45, 2.75) is 25.8 Å². The van der Waals surface area contributed by atoms with Crippen molar-refractivity contribution in [2.75, 3.05) is 25.0 Å². The van der Waals surface area contributed by atoms with E-state index in [1.165, 1.54) is 29.4 Å². The van der Waals surface area contributed by atoms with Gasteiger partial charge in [-0.1, -0.05) is 6.07 Å². The van der Waals surface area contributed by atoms with Gasteiger partial charge in [0.1, 0.15) is 5.82 Å². The maximum absolute atomic E-state index is 13.6. The highest BCUT2D eigenvalue weighted by Gasteiger charge is 2.26. The van der Waals surface area contributed by atoms with Crippen LogP contribution in [-0.2, 0) is 0 Å². The molecule has 160 valence electrons. The van der Waals surface area contributed by atoms with Gasteiger partial charge in [0.2, 0.25) is 0 Å². The topological polar surface area (TPSA) is 116 Å². The minimum absolute atomic E-state index is 0.193. The lowest BCUT2D eigenvalue weighted by atomic mass is 10.1. The van der Waals surface area contributed by atoms with E-state index in [-0.39, 0.29) is 23.8 Å². The molecule has 10 heteroatoms. The fourth-order valence-corrected chi connectivity index (χ4v) is 3.38. The zero-order valence-electron chi connectivity index (χ0n) is 16.5. The van der Waals surface area contributed by atoms with E-state index in [0.29, 0.717) is 31.6 Å². The summed E-state index contributed by atoms with van der Waals surface area (Å²) in [5, 5.41) is 17.2. The zero-order chi connectivity index (χ0) is 21.7. The molecule has 0 bridgehead atoms. The molecule has 0 spiro atoms. The Balaban J connectivity index is 1.84. The largest absolute Gasteiger partial charge is 0.465 e. The summed E-state index contributed by atoms with van der Waals surface area (Å²) in [6.07, 6.45) is 3.31. The number of anilines is 1. The van der Waals surface area contributed by atoms with Crippen LogP contribution in [0.25, 0.3) is 5.69 Å². The summed E-state index contributed by atoms with van der Waals surface area (Å²) in [6.45, 7) is 2.81. The van der Waals surface area contributed by atoms with Gasteiger partial charge < -0.3 is 30.5 Å². The number of rotatable bonds is 5. The molecule has 1 aromatic carbocycles. The van der Waals surface area contributed by atoms with Gasteiger partial charge in [-0.2, -0.15) is 0 Å². The summed E-state index contributed by atoms with van der Waals surface area (Å²) < 4.78 is 15.2. The number of nitrogens with one attached hydrogen (secondary N) is 3. The summed E-state index contributed by atoms with van der Waals surface area (Å²) in [5.74, 6) is -0.879. The number of nitrogens with zero attached hydrogens (tertiary/aromatic N) is 2. The van der Waals surface area contributed by atoms with Crippen LogP contribution in [0, 0.1) is 5.82 Å². The average Bonchev–Trinajstić information content (AvgIpc) is 3.12. The maximum atomic E-state index is 13.6. The quantitative estimate of drug-likeness (QED) is 0.598. The minimum atomic E-state index is -1.02. The predicted octanol–water partition coefficient (Wildman–Crippen LogP) is 2.63. The zero-order valence-corrected chi connectivity index (χ0v) is 16.5. The van der Waals surface area contributed by atoms with Crippen molar-refractivity contribution in [2.24, 2.45) is 0 Å². The highest BCUT2D eigenvalue weighted by molar-refractivity contribution is 6.03. The van der Waals surface area contributed by atoms with Crippen LogP contribution in [-0.4, -0.2) is 58.3 Å². The molecule has 0 saturated carbocycles. The molecule has 1 atom stereocenters. The average molecular weight is 417 g/mol. The number of urea groups is 1. The second kappa shape index (κ2) is 9.29. The molecule has 4 amide bonds. The molecule has 3 rings (SSSR count). The number of piperidine rings is 1. The van der Waals surface area contributed by atoms with Crippen molar-refractivity contribution >= 4 is 23.7 Å². The molecule has 2 heterocycles. The van der Waals surface area contributed by atoms with Crippen LogP contribution >= 0.6 is 0 Å². The highest BCUT2D eigenvalue weighted by Crippen LogP contribution is 2.22. The number of benzene rings is 1. The summed E-state index contributed by atoms with van der Waals surface area (Å²) in [7, 11) is 0. The van der Waals surface area contributed by atoms with Crippen LogP contribution in [0.15, 0.2) is 36.7 Å². The molecule has 0 aliphatic carbocycles. The van der Waals surface area contributed by atoms with Crippen molar-refractivity contribution in [1.29, 1.82) is 0 Å². The SMILES string of the molecule is CCNC(=O)Nc1cn(-c2cccc(F)c2)cc1C(=O)N[C@H]1CCCN(C(=O)O)C1. The number of amides is 4. The Labute approximate surface area is 172 Å². The number of halogens is 1. The first kappa shape index (κ1) is 21.2. The van der Waals surface area contributed by atoms with Crippen LogP contribution < -0.4 is 16.0 Å². The molecule has 0 unspecified atom stereocenters. The van der Waals surface area contributed by atoms with E-state index in [0.717, 1.165) is 0 Å². The van der Waals surface area contributed by atoms with E-state index < -0.39 is 23.8 Å². The van der Waals surface area contributed by atoms with Crippen molar-refractivity contribution in [3.8, 4) is 5.69 Å². The fourth-order valence-electron chi connectivity index (χ4n) is 3.38. The van der Waals surface area contributed by atoms with Gasteiger partial charge in [-0.3, -0.25) is 4.79 Å². The Bertz CT molecular complexity index is 945. The third-order valence-electron chi connectivity index (χ3n) is 4.79. The van der Waals surface area contributed by atoms with Gasteiger partial charge in [-0.15, -0.1) is 0 Å². The molecule has 1 fully saturated rings. The summed E-state index contributed by atoms with van der Waals surface area (Å²) in [5.41, 5.74) is 0.939. The number of likely N-dealkylation sites (tertiary alicyclic amines) is 1. The van der Waals surface area contributed by atoms with Crippen molar-refractivity contribution in [3.05, 3.63) is 48.0 Å². The number of aromatic nitrogens is 1. The first-order valence-electron chi connectivity index (χ1n) is 9.69. The fraction of sp³-hybridized carbons (Fsp3) is 0.350. The molecule has 9 nitrogen and oxygen atoms in total. The Morgan fingerprint density at radius 1 is 1.27 bits per heavy atom. The van der Waals surface area contributed by atoms with E-state index in [1.807, 2.05) is 0 Å². The van der Waals surface area contributed by atoms with Crippen LogP contribution in [0.1, 0.15) is 30.1 Å². The van der Waals surface area contributed by atoms with Gasteiger partial charge >= 0.3 is 12.1 Å². The number of hydrogen-bond donors (Lipinski definition) is 4. The molecular weight excluding hydrogens is 393 g/mol. The molecule has 30 heavy (non-hydrogen) atoms. The second-order valence-electron chi connectivity index (χ2n) is 7.00. The third-order valence-corrected chi connectivity index (χ3v) is 4.79. The summed E-state index contributed by atoms with van der Waals surface area (Å²) in [4.78, 5) is 37.4. The van der Waals surface area contributed by atoms with Gasteiger partial charge in [-0.25, -0.2) is 14.0 Å². The summed E-state index contributed by atoms with van der Waals surface area (Å²) >= 11 is 0. The number of carbonyl (C=O) groups excluding carboxylic acids is 2. The highest BCUT2D eigenvalue weighted by atomic mass is 19.1. The van der Waals surface area contributed by atoms with Crippen molar-refractivity contribution in [1.82, 2.24) is 20.1 Å². The van der Waals surface area contributed by atoms with Crippen LogP contribution in [0.5, 0.6) is 0 Å². The second-order valence-corrected chi connectivity index (χ2v) is 7.00. The molecule has 4 N–H and O–H groups in total. The molecule has 2 aromatic rings. The van der Waals surface area contributed by atoms with E-state index in [1.54, 1.807) is 23.6 Å². The van der Waals surface area contributed by atoms with Crippen molar-refractivity contribution in [3.63, 3.8) is 0 Å². The van der Waals surface area contributed by atoms with E-state index in [4.69, 9.17) is 0 Å². The lowest BCUT2D eigenvalue weighted by molar-refractivity contribution is 0.0889. The Hall–Kier alpha value is -3.56. The molecule has 1 aliphatic rings. The molecule has 1 aromatic heterocycles. The molecule has 1 saturated heterocycles. The number of carboxylic acid groups (broad SMARTS) is 1. The van der Waals surface area contributed by atoms with Crippen molar-refractivity contribution < 1.29 is 23.9 Å². The Kier molecular flexibility index (Phi) is 6.55. The van der Waals surface area contributed by atoms with E-state index >= 15 is 0 Å². The first-order valence-corrected chi connectivity index (χ1v) is 9.69. The minimum Gasteiger partial charge on any atom is -0.465 e. The molecular formula is C20H24FN5O4. The smallest absolute Gasteiger partial charge is 0.407 e. The normalized spacial score (nSPS) is 16.1. The first-order chi connectivity index (χ1) is 14.4. The standard InChI is InChI=1S/C20H24FN5O4/c1-2-22-19(28)24-17-12-26(15-7-3-5-13(21)9-15)11-16(17)18(27)23-14-6-4-8-25(10-14)20(29)30/h3,5,7,9,11-12,14H,2,4,6,8,10H2,1H3,(H,23,27)(H,29,30)(H2,22,24,28)/t14-/m0/s1. The lowest BCUT2D eigenvalue weighted by Gasteiger charge is -2.31. The lowest BCUT2D eigenvalue weighted by Crippen LogP contribution is -2.49. The number of hydrogen-bond acceptors (Lipinski definition) is 3. The van der Waals surface area contributed by atoms with Gasteiger partial charge in [0, 0.05) is 43.8 Å². The van der Waals surface area contributed by atoms with Gasteiger partial charge in [-0.05, 0) is 38.0 Å². The summed E-state index contributed by atoms with van der Waals surface area (Å²) in [6, 6.07) is 5.03. The van der Waals surface area contributed by atoms with Crippen LogP contribution in [0.3, 0.4) is 0 Å². The van der Waals surface area contributed by atoms with E-state index in [9.17, 15) is 23.9 Å². The van der Waals surface area contributed by atoms with Crippen LogP contribution in [0.2, 0.25) is 0 Å². The van der Waals surface area contributed by atoms with E-state index in [2.05, 4.69) is 16.0 Å². The molecule has 0 radical (unpaired) electrons. The third kappa shape index (κ3) is 5.07. The Morgan fingerprint density at radius 3 is 2.77 bits per heavy atom. The van der Waals surface area contributed by atoms with Gasteiger partial charge in [0.05, 0.1) is 11.3 Å². The van der Waals surface area contributed by atoms with Gasteiger partial charge in [0.25, 0.3) is 5.91 Å². The number of carbonyl (C=O) groups is 3. The maximum Gasteiger partial charge on any atom is 0.407 e. The predicted molar refractivity (Wildman–Crippen MR) is 109 cm³/mol. The van der Waals surface area contributed by atoms with Gasteiger partial charge in [0.15, 0.2) is 0 Å². The monoisotopic (exact) mass is 417 g/mol.